The summed E-state index contributed by atoms with van der Waals surface area (Å²) in [5.41, 5.74) is 0.725. The van der Waals surface area contributed by atoms with Crippen LogP contribution in [-0.4, -0.2) is 5.78 Å². The molecule has 3 heteroatoms. The normalized spacial score (nSPS) is 17.1. The molecule has 1 aromatic rings. The second-order valence-corrected chi connectivity index (χ2v) is 6.05. The van der Waals surface area contributed by atoms with Crippen molar-refractivity contribution in [2.45, 2.75) is 38.5 Å². The van der Waals surface area contributed by atoms with Crippen molar-refractivity contribution in [3.63, 3.8) is 0 Å². The van der Waals surface area contributed by atoms with Crippen LogP contribution in [0.2, 0.25) is 5.02 Å². The molecule has 0 bridgehead atoms. The van der Waals surface area contributed by atoms with E-state index in [4.69, 9.17) is 11.6 Å². The fraction of sp³-hybridized carbons (Fsp3) is 0.500. The SMILES string of the molecule is O=C(CC1CCCCC1)c1cc(Cl)ccc1Br. The van der Waals surface area contributed by atoms with Gasteiger partial charge in [-0.15, -0.1) is 0 Å². The Morgan fingerprint density at radius 2 is 2.00 bits per heavy atom. The monoisotopic (exact) mass is 314 g/mol. The minimum atomic E-state index is 0.214. The fourth-order valence-electron chi connectivity index (χ4n) is 2.47. The number of hydrogen-bond acceptors (Lipinski definition) is 1. The first-order valence-corrected chi connectivity index (χ1v) is 7.32. The Morgan fingerprint density at radius 3 is 2.71 bits per heavy atom. The lowest BCUT2D eigenvalue weighted by Crippen LogP contribution is -2.12. The minimum absolute atomic E-state index is 0.214. The third-order valence-corrected chi connectivity index (χ3v) is 4.35. The summed E-state index contributed by atoms with van der Waals surface area (Å²) in [5, 5.41) is 0.625. The molecule has 1 aromatic carbocycles. The molecule has 0 aliphatic heterocycles. The van der Waals surface area contributed by atoms with E-state index in [1.54, 1.807) is 12.1 Å². The van der Waals surface area contributed by atoms with Gasteiger partial charge in [-0.1, -0.05) is 59.6 Å². The smallest absolute Gasteiger partial charge is 0.164 e. The zero-order valence-electron chi connectivity index (χ0n) is 9.72. The summed E-state index contributed by atoms with van der Waals surface area (Å²) in [6.07, 6.45) is 6.93. The Hall–Kier alpha value is -0.340. The number of ketones is 1. The van der Waals surface area contributed by atoms with Crippen molar-refractivity contribution in [2.75, 3.05) is 0 Å². The second-order valence-electron chi connectivity index (χ2n) is 4.76. The number of hydrogen-bond donors (Lipinski definition) is 0. The minimum Gasteiger partial charge on any atom is -0.294 e. The van der Waals surface area contributed by atoms with Gasteiger partial charge in [0.15, 0.2) is 5.78 Å². The lowest BCUT2D eigenvalue weighted by atomic mass is 9.85. The van der Waals surface area contributed by atoms with Crippen LogP contribution < -0.4 is 0 Å². The van der Waals surface area contributed by atoms with Gasteiger partial charge in [-0.2, -0.15) is 0 Å². The molecule has 0 spiro atoms. The largest absolute Gasteiger partial charge is 0.294 e. The van der Waals surface area contributed by atoms with Crippen molar-refractivity contribution < 1.29 is 4.79 Å². The molecule has 0 saturated heterocycles. The first-order valence-electron chi connectivity index (χ1n) is 6.15. The van der Waals surface area contributed by atoms with Crippen molar-refractivity contribution in [1.82, 2.24) is 0 Å². The zero-order valence-corrected chi connectivity index (χ0v) is 12.1. The molecule has 2 rings (SSSR count). The molecule has 0 heterocycles. The van der Waals surface area contributed by atoms with Crippen LogP contribution in [0.5, 0.6) is 0 Å². The summed E-state index contributed by atoms with van der Waals surface area (Å²) in [6, 6.07) is 5.40. The Kier molecular flexibility index (Phi) is 4.63. The van der Waals surface area contributed by atoms with Crippen molar-refractivity contribution >= 4 is 33.3 Å². The highest BCUT2D eigenvalue weighted by Gasteiger charge is 2.19. The van der Waals surface area contributed by atoms with Crippen molar-refractivity contribution in [2.24, 2.45) is 5.92 Å². The molecular weight excluding hydrogens is 300 g/mol. The summed E-state index contributed by atoms with van der Waals surface area (Å²) >= 11 is 9.35. The van der Waals surface area contributed by atoms with E-state index in [0.29, 0.717) is 17.4 Å². The number of benzene rings is 1. The summed E-state index contributed by atoms with van der Waals surface area (Å²) in [5.74, 6) is 0.786. The van der Waals surface area contributed by atoms with E-state index in [1.807, 2.05) is 6.07 Å². The summed E-state index contributed by atoms with van der Waals surface area (Å²) < 4.78 is 0.850. The van der Waals surface area contributed by atoms with Crippen LogP contribution in [0.3, 0.4) is 0 Å². The lowest BCUT2D eigenvalue weighted by molar-refractivity contribution is 0.0949. The van der Waals surface area contributed by atoms with Crippen LogP contribution in [0.25, 0.3) is 0 Å². The lowest BCUT2D eigenvalue weighted by Gasteiger charge is -2.20. The molecule has 1 fully saturated rings. The van der Waals surface area contributed by atoms with E-state index in [2.05, 4.69) is 15.9 Å². The first-order chi connectivity index (χ1) is 8.16. The summed E-state index contributed by atoms with van der Waals surface area (Å²) in [7, 11) is 0. The molecule has 17 heavy (non-hydrogen) atoms. The maximum atomic E-state index is 12.2. The molecular formula is C14H16BrClO. The predicted octanol–water partition coefficient (Wildman–Crippen LogP) is 5.26. The van der Waals surface area contributed by atoms with Gasteiger partial charge in [0, 0.05) is 21.5 Å². The fourth-order valence-corrected chi connectivity index (χ4v) is 3.11. The summed E-state index contributed by atoms with van der Waals surface area (Å²) in [6.45, 7) is 0. The van der Waals surface area contributed by atoms with Crippen LogP contribution in [0.15, 0.2) is 22.7 Å². The number of Topliss-reactive ketones (excluding diaryl/α,β-unsaturated/α-hetero) is 1. The van der Waals surface area contributed by atoms with Crippen molar-refractivity contribution in [1.29, 1.82) is 0 Å². The first kappa shape index (κ1) is 13.1. The van der Waals surface area contributed by atoms with Gasteiger partial charge in [-0.25, -0.2) is 0 Å². The van der Waals surface area contributed by atoms with E-state index in [9.17, 15) is 4.79 Å². The van der Waals surface area contributed by atoms with Crippen molar-refractivity contribution in [3.8, 4) is 0 Å². The zero-order chi connectivity index (χ0) is 12.3. The Labute approximate surface area is 116 Å². The molecule has 92 valence electrons. The molecule has 1 saturated carbocycles. The molecule has 1 nitrogen and oxygen atoms in total. The van der Waals surface area contributed by atoms with Gasteiger partial charge in [0.25, 0.3) is 0 Å². The van der Waals surface area contributed by atoms with Crippen LogP contribution in [0.1, 0.15) is 48.9 Å². The Morgan fingerprint density at radius 1 is 1.29 bits per heavy atom. The number of halogens is 2. The third-order valence-electron chi connectivity index (χ3n) is 3.43. The van der Waals surface area contributed by atoms with Gasteiger partial charge >= 0.3 is 0 Å². The third kappa shape index (κ3) is 3.56. The van der Waals surface area contributed by atoms with Gasteiger partial charge in [-0.3, -0.25) is 4.79 Å². The van der Waals surface area contributed by atoms with Gasteiger partial charge in [0.2, 0.25) is 0 Å². The van der Waals surface area contributed by atoms with Crippen LogP contribution in [0, 0.1) is 5.92 Å². The van der Waals surface area contributed by atoms with Crippen LogP contribution in [-0.2, 0) is 0 Å². The Bertz CT molecular complexity index is 411. The van der Waals surface area contributed by atoms with Gasteiger partial charge in [-0.05, 0) is 24.1 Å². The second kappa shape index (κ2) is 6.01. The molecule has 0 amide bonds. The van der Waals surface area contributed by atoms with E-state index in [1.165, 1.54) is 32.1 Å². The predicted molar refractivity (Wildman–Crippen MR) is 74.7 cm³/mol. The van der Waals surface area contributed by atoms with Crippen LogP contribution in [0.4, 0.5) is 0 Å². The number of carbonyl (C=O) groups is 1. The van der Waals surface area contributed by atoms with E-state index in [0.717, 1.165) is 10.0 Å². The molecule has 0 N–H and O–H groups in total. The number of rotatable bonds is 3. The highest BCUT2D eigenvalue weighted by Crippen LogP contribution is 2.29. The van der Waals surface area contributed by atoms with Crippen LogP contribution >= 0.6 is 27.5 Å². The maximum absolute atomic E-state index is 12.2. The topological polar surface area (TPSA) is 17.1 Å². The van der Waals surface area contributed by atoms with Gasteiger partial charge in [0.05, 0.1) is 0 Å². The van der Waals surface area contributed by atoms with E-state index < -0.39 is 0 Å². The standard InChI is InChI=1S/C14H16BrClO/c15-13-7-6-11(16)9-12(13)14(17)8-10-4-2-1-3-5-10/h6-7,9-10H,1-5,8H2. The molecule has 1 aliphatic rings. The molecule has 1 aliphatic carbocycles. The van der Waals surface area contributed by atoms with E-state index >= 15 is 0 Å². The molecule has 0 atom stereocenters. The Balaban J connectivity index is 2.05. The average molecular weight is 316 g/mol. The summed E-state index contributed by atoms with van der Waals surface area (Å²) in [4.78, 5) is 12.2. The molecule has 0 unspecified atom stereocenters. The highest BCUT2D eigenvalue weighted by atomic mass is 79.9. The quantitative estimate of drug-likeness (QED) is 0.696. The van der Waals surface area contributed by atoms with Crippen molar-refractivity contribution in [3.05, 3.63) is 33.3 Å². The molecule has 0 aromatic heterocycles. The van der Waals surface area contributed by atoms with Gasteiger partial charge < -0.3 is 0 Å². The van der Waals surface area contributed by atoms with Gasteiger partial charge in [0.1, 0.15) is 0 Å². The maximum Gasteiger partial charge on any atom is 0.164 e. The highest BCUT2D eigenvalue weighted by molar-refractivity contribution is 9.10. The average Bonchev–Trinajstić information content (AvgIpc) is 2.33. The van der Waals surface area contributed by atoms with E-state index in [-0.39, 0.29) is 5.78 Å². The molecule has 0 radical (unpaired) electrons. The number of carbonyl (C=O) groups excluding carboxylic acids is 1.